The quantitative estimate of drug-likeness (QED) is 0.894. The highest BCUT2D eigenvalue weighted by Crippen LogP contribution is 2.29. The van der Waals surface area contributed by atoms with Gasteiger partial charge in [0, 0.05) is 25.4 Å². The molecule has 5 nitrogen and oxygen atoms in total. The molecule has 0 fully saturated rings. The van der Waals surface area contributed by atoms with E-state index >= 15 is 0 Å². The zero-order chi connectivity index (χ0) is 13.8. The van der Waals surface area contributed by atoms with Gasteiger partial charge in [0.25, 0.3) is 0 Å². The van der Waals surface area contributed by atoms with Gasteiger partial charge in [0.1, 0.15) is 5.69 Å². The molecular formula is C14H20N4O. The second-order valence-corrected chi connectivity index (χ2v) is 4.80. The fourth-order valence-electron chi connectivity index (χ4n) is 1.94. The van der Waals surface area contributed by atoms with Crippen molar-refractivity contribution in [1.82, 2.24) is 14.8 Å². The smallest absolute Gasteiger partial charge is 0.235 e. The summed E-state index contributed by atoms with van der Waals surface area (Å²) in [5.41, 5.74) is 8.59. The summed E-state index contributed by atoms with van der Waals surface area (Å²) in [6.07, 6.45) is 2.53. The molecule has 0 aliphatic carbocycles. The van der Waals surface area contributed by atoms with E-state index in [-0.39, 0.29) is 0 Å². The van der Waals surface area contributed by atoms with Crippen molar-refractivity contribution in [2.24, 2.45) is 7.05 Å². The number of anilines is 1. The molecule has 0 aliphatic heterocycles. The molecule has 0 saturated carbocycles. The topological polar surface area (TPSA) is 66.0 Å². The van der Waals surface area contributed by atoms with E-state index in [1.807, 2.05) is 25.2 Å². The Bertz CT molecular complexity index is 534. The summed E-state index contributed by atoms with van der Waals surface area (Å²) in [6, 6.07) is 5.85. The standard InChI is InChI=1S/C14H20N4O/c1-10(2)13-12(15)14(18(3)17-13)19-9-7-11-6-4-5-8-16-11/h4-6,8,10H,7,9,15H2,1-3H3. The number of rotatable bonds is 5. The van der Waals surface area contributed by atoms with Gasteiger partial charge in [-0.1, -0.05) is 19.9 Å². The van der Waals surface area contributed by atoms with Crippen LogP contribution in [0.5, 0.6) is 5.88 Å². The lowest BCUT2D eigenvalue weighted by Gasteiger charge is -2.07. The number of aryl methyl sites for hydroxylation is 1. The van der Waals surface area contributed by atoms with Gasteiger partial charge in [-0.15, -0.1) is 0 Å². The minimum absolute atomic E-state index is 0.291. The number of nitrogens with zero attached hydrogens (tertiary/aromatic N) is 3. The Labute approximate surface area is 113 Å². The molecule has 2 rings (SSSR count). The fraction of sp³-hybridized carbons (Fsp3) is 0.429. The molecule has 0 bridgehead atoms. The first kappa shape index (κ1) is 13.4. The van der Waals surface area contributed by atoms with E-state index in [4.69, 9.17) is 10.5 Å². The number of hydrogen-bond acceptors (Lipinski definition) is 4. The summed E-state index contributed by atoms with van der Waals surface area (Å²) in [5.74, 6) is 0.930. The van der Waals surface area contributed by atoms with Crippen molar-refractivity contribution in [3.05, 3.63) is 35.8 Å². The lowest BCUT2D eigenvalue weighted by molar-refractivity contribution is 0.294. The van der Waals surface area contributed by atoms with Crippen molar-refractivity contribution < 1.29 is 4.74 Å². The molecule has 0 saturated heterocycles. The highest BCUT2D eigenvalue weighted by Gasteiger charge is 2.16. The van der Waals surface area contributed by atoms with Crippen molar-refractivity contribution in [2.45, 2.75) is 26.2 Å². The SMILES string of the molecule is CC(C)c1nn(C)c(OCCc2ccccn2)c1N. The van der Waals surface area contributed by atoms with Crippen LogP contribution >= 0.6 is 0 Å². The summed E-state index contributed by atoms with van der Waals surface area (Å²) >= 11 is 0. The molecule has 0 aromatic carbocycles. The van der Waals surface area contributed by atoms with Gasteiger partial charge < -0.3 is 10.5 Å². The zero-order valence-corrected chi connectivity index (χ0v) is 11.6. The third kappa shape index (κ3) is 3.05. The van der Waals surface area contributed by atoms with E-state index in [9.17, 15) is 0 Å². The minimum Gasteiger partial charge on any atom is -0.476 e. The predicted octanol–water partition coefficient (Wildman–Crippen LogP) is 2.14. The Hall–Kier alpha value is -2.04. The molecule has 2 N–H and O–H groups in total. The van der Waals surface area contributed by atoms with Crippen LogP contribution in [-0.4, -0.2) is 21.4 Å². The van der Waals surface area contributed by atoms with Crippen LogP contribution < -0.4 is 10.5 Å². The fourth-order valence-corrected chi connectivity index (χ4v) is 1.94. The highest BCUT2D eigenvalue weighted by molar-refractivity contribution is 5.54. The molecule has 0 aliphatic rings. The molecule has 0 spiro atoms. The number of nitrogens with two attached hydrogens (primary N) is 1. The Morgan fingerprint density at radius 3 is 2.74 bits per heavy atom. The molecule has 19 heavy (non-hydrogen) atoms. The van der Waals surface area contributed by atoms with Crippen LogP contribution in [0.2, 0.25) is 0 Å². The van der Waals surface area contributed by atoms with E-state index in [0.717, 1.165) is 17.8 Å². The van der Waals surface area contributed by atoms with E-state index < -0.39 is 0 Å². The first-order valence-electron chi connectivity index (χ1n) is 6.44. The number of pyridine rings is 1. The average molecular weight is 260 g/mol. The van der Waals surface area contributed by atoms with Gasteiger partial charge in [0.05, 0.1) is 12.3 Å². The Morgan fingerprint density at radius 1 is 1.37 bits per heavy atom. The maximum absolute atomic E-state index is 6.06. The summed E-state index contributed by atoms with van der Waals surface area (Å²) in [4.78, 5) is 4.25. The second-order valence-electron chi connectivity index (χ2n) is 4.80. The minimum atomic E-state index is 0.291. The van der Waals surface area contributed by atoms with E-state index in [2.05, 4.69) is 23.9 Å². The maximum Gasteiger partial charge on any atom is 0.235 e. The van der Waals surface area contributed by atoms with Crippen molar-refractivity contribution in [3.63, 3.8) is 0 Å². The van der Waals surface area contributed by atoms with Gasteiger partial charge in [-0.25, -0.2) is 4.68 Å². The van der Waals surface area contributed by atoms with Gasteiger partial charge in [-0.3, -0.25) is 4.98 Å². The number of aromatic nitrogens is 3. The van der Waals surface area contributed by atoms with Gasteiger partial charge in [0.2, 0.25) is 5.88 Å². The van der Waals surface area contributed by atoms with Crippen LogP contribution in [0, 0.1) is 0 Å². The van der Waals surface area contributed by atoms with E-state index in [1.54, 1.807) is 10.9 Å². The molecule has 2 heterocycles. The van der Waals surface area contributed by atoms with Gasteiger partial charge >= 0.3 is 0 Å². The Morgan fingerprint density at radius 2 is 2.16 bits per heavy atom. The zero-order valence-electron chi connectivity index (χ0n) is 11.6. The largest absolute Gasteiger partial charge is 0.476 e. The molecular weight excluding hydrogens is 240 g/mol. The second kappa shape index (κ2) is 5.73. The molecule has 5 heteroatoms. The molecule has 0 radical (unpaired) electrons. The number of ether oxygens (including phenoxy) is 1. The van der Waals surface area contributed by atoms with E-state index in [1.165, 1.54) is 0 Å². The van der Waals surface area contributed by atoms with Crippen LogP contribution in [0.15, 0.2) is 24.4 Å². The third-order valence-electron chi connectivity index (χ3n) is 2.93. The van der Waals surface area contributed by atoms with Gasteiger partial charge in [-0.05, 0) is 18.1 Å². The van der Waals surface area contributed by atoms with Crippen LogP contribution in [-0.2, 0) is 13.5 Å². The van der Waals surface area contributed by atoms with Crippen LogP contribution in [0.4, 0.5) is 5.69 Å². The molecule has 0 atom stereocenters. The number of hydrogen-bond donors (Lipinski definition) is 1. The van der Waals surface area contributed by atoms with Crippen LogP contribution in [0.1, 0.15) is 31.2 Å². The lowest BCUT2D eigenvalue weighted by atomic mass is 10.1. The third-order valence-corrected chi connectivity index (χ3v) is 2.93. The lowest BCUT2D eigenvalue weighted by Crippen LogP contribution is -2.07. The Kier molecular flexibility index (Phi) is 4.04. The van der Waals surface area contributed by atoms with Crippen molar-refractivity contribution in [1.29, 1.82) is 0 Å². The molecule has 0 amide bonds. The van der Waals surface area contributed by atoms with E-state index in [0.29, 0.717) is 24.1 Å². The first-order chi connectivity index (χ1) is 9.09. The summed E-state index contributed by atoms with van der Waals surface area (Å²) in [6.45, 7) is 4.67. The molecule has 2 aromatic heterocycles. The summed E-state index contributed by atoms with van der Waals surface area (Å²) < 4.78 is 7.44. The predicted molar refractivity (Wildman–Crippen MR) is 75.1 cm³/mol. The van der Waals surface area contributed by atoms with Gasteiger partial charge in [-0.2, -0.15) is 5.10 Å². The van der Waals surface area contributed by atoms with Crippen molar-refractivity contribution in [3.8, 4) is 5.88 Å². The van der Waals surface area contributed by atoms with Crippen LogP contribution in [0.3, 0.4) is 0 Å². The average Bonchev–Trinajstić information content (AvgIpc) is 2.68. The molecule has 102 valence electrons. The van der Waals surface area contributed by atoms with Crippen LogP contribution in [0.25, 0.3) is 0 Å². The maximum atomic E-state index is 6.06. The molecule has 2 aromatic rings. The monoisotopic (exact) mass is 260 g/mol. The Balaban J connectivity index is 2.00. The van der Waals surface area contributed by atoms with Crippen molar-refractivity contribution >= 4 is 5.69 Å². The number of nitrogen functional groups attached to an aromatic ring is 1. The summed E-state index contributed by atoms with van der Waals surface area (Å²) in [5, 5.41) is 4.39. The van der Waals surface area contributed by atoms with Crippen molar-refractivity contribution in [2.75, 3.05) is 12.3 Å². The summed E-state index contributed by atoms with van der Waals surface area (Å²) in [7, 11) is 1.85. The molecule has 0 unspecified atom stereocenters. The normalized spacial score (nSPS) is 10.9. The van der Waals surface area contributed by atoms with Gasteiger partial charge in [0.15, 0.2) is 0 Å². The highest BCUT2D eigenvalue weighted by atomic mass is 16.5. The first-order valence-corrected chi connectivity index (χ1v) is 6.44.